The van der Waals surface area contributed by atoms with Crippen molar-refractivity contribution in [1.29, 1.82) is 0 Å². The van der Waals surface area contributed by atoms with Crippen LogP contribution in [-0.2, 0) is 11.2 Å². The average molecular weight is 297 g/mol. The molecule has 1 atom stereocenters. The summed E-state index contributed by atoms with van der Waals surface area (Å²) in [7, 11) is 0. The lowest BCUT2D eigenvalue weighted by molar-refractivity contribution is -0.134. The predicted molar refractivity (Wildman–Crippen MR) is 85.3 cm³/mol. The fourth-order valence-corrected chi connectivity index (χ4v) is 2.63. The molecule has 0 saturated carbocycles. The fourth-order valence-electron chi connectivity index (χ4n) is 2.63. The van der Waals surface area contributed by atoms with E-state index in [-0.39, 0.29) is 24.4 Å². The van der Waals surface area contributed by atoms with Gasteiger partial charge in [-0.05, 0) is 24.0 Å². The molecule has 1 fully saturated rings. The minimum Gasteiger partial charge on any atom is -0.333 e. The molecule has 3 nitrogen and oxygen atoms in total. The van der Waals surface area contributed by atoms with Crippen LogP contribution in [0.2, 0.25) is 0 Å². The second kappa shape index (κ2) is 8.28. The van der Waals surface area contributed by atoms with Gasteiger partial charge in [0.1, 0.15) is 0 Å². The topological polar surface area (TPSA) is 32.3 Å². The number of carbonyl (C=O) groups excluding carboxylic acids is 1. The van der Waals surface area contributed by atoms with Gasteiger partial charge < -0.3 is 10.2 Å². The lowest BCUT2D eigenvalue weighted by Crippen LogP contribution is -2.48. The summed E-state index contributed by atoms with van der Waals surface area (Å²) in [6.07, 6.45) is 2.63. The molecule has 1 saturated heterocycles. The summed E-state index contributed by atoms with van der Waals surface area (Å²) in [5, 5.41) is 3.39. The first-order valence-corrected chi connectivity index (χ1v) is 7.35. The van der Waals surface area contributed by atoms with Crippen LogP contribution in [0.4, 0.5) is 0 Å². The van der Waals surface area contributed by atoms with Crippen molar-refractivity contribution in [2.45, 2.75) is 39.2 Å². The van der Waals surface area contributed by atoms with E-state index in [1.165, 1.54) is 11.1 Å². The van der Waals surface area contributed by atoms with Crippen LogP contribution in [0.1, 0.15) is 43.9 Å². The highest BCUT2D eigenvalue weighted by molar-refractivity contribution is 5.85. The van der Waals surface area contributed by atoms with Crippen molar-refractivity contribution in [1.82, 2.24) is 10.2 Å². The van der Waals surface area contributed by atoms with E-state index in [1.807, 2.05) is 4.90 Å². The minimum absolute atomic E-state index is 0. The first-order chi connectivity index (χ1) is 9.26. The van der Waals surface area contributed by atoms with E-state index in [4.69, 9.17) is 0 Å². The standard InChI is InChI=1S/C16H24N2O.ClH/c1-3-5-16(19)18-11-10-17-12-15(18)14-8-6-13(4-2)7-9-14;/h6-9,15,17H,3-5,10-12H2,1-2H3;1H. The third-order valence-corrected chi connectivity index (χ3v) is 3.80. The van der Waals surface area contributed by atoms with E-state index in [9.17, 15) is 4.79 Å². The largest absolute Gasteiger partial charge is 0.333 e. The summed E-state index contributed by atoms with van der Waals surface area (Å²) >= 11 is 0. The van der Waals surface area contributed by atoms with Crippen molar-refractivity contribution in [3.63, 3.8) is 0 Å². The number of piperazine rings is 1. The molecule has 1 aliphatic rings. The minimum atomic E-state index is 0. The molecule has 1 aliphatic heterocycles. The Morgan fingerprint density at radius 2 is 2.00 bits per heavy atom. The summed E-state index contributed by atoms with van der Waals surface area (Å²) in [6.45, 7) is 6.80. The van der Waals surface area contributed by atoms with Crippen LogP contribution < -0.4 is 5.32 Å². The molecule has 4 heteroatoms. The summed E-state index contributed by atoms with van der Waals surface area (Å²) in [5.74, 6) is 0.286. The van der Waals surface area contributed by atoms with Gasteiger partial charge in [-0.25, -0.2) is 0 Å². The average Bonchev–Trinajstić information content (AvgIpc) is 2.47. The Balaban J connectivity index is 0.00000200. The molecule has 0 radical (unpaired) electrons. The number of hydrogen-bond acceptors (Lipinski definition) is 2. The Kier molecular flexibility index (Phi) is 7.03. The zero-order valence-electron chi connectivity index (χ0n) is 12.4. The number of carbonyl (C=O) groups is 1. The van der Waals surface area contributed by atoms with Crippen molar-refractivity contribution in [2.75, 3.05) is 19.6 Å². The van der Waals surface area contributed by atoms with Crippen molar-refractivity contribution >= 4 is 18.3 Å². The SMILES string of the molecule is CCCC(=O)N1CCNCC1c1ccc(CC)cc1.Cl. The van der Waals surface area contributed by atoms with Crippen LogP contribution in [0.5, 0.6) is 0 Å². The van der Waals surface area contributed by atoms with Crippen LogP contribution in [0.15, 0.2) is 24.3 Å². The Labute approximate surface area is 128 Å². The zero-order valence-corrected chi connectivity index (χ0v) is 13.2. The maximum Gasteiger partial charge on any atom is 0.223 e. The highest BCUT2D eigenvalue weighted by atomic mass is 35.5. The van der Waals surface area contributed by atoms with E-state index < -0.39 is 0 Å². The molecule has 1 aromatic rings. The molecular formula is C16H25ClN2O. The van der Waals surface area contributed by atoms with Crippen LogP contribution in [0.25, 0.3) is 0 Å². The van der Waals surface area contributed by atoms with Gasteiger partial charge in [0, 0.05) is 26.1 Å². The van der Waals surface area contributed by atoms with Crippen molar-refractivity contribution in [3.8, 4) is 0 Å². The Morgan fingerprint density at radius 3 is 2.60 bits per heavy atom. The number of aryl methyl sites for hydroxylation is 1. The smallest absolute Gasteiger partial charge is 0.223 e. The quantitative estimate of drug-likeness (QED) is 0.926. The van der Waals surface area contributed by atoms with E-state index in [0.29, 0.717) is 6.42 Å². The molecule has 1 unspecified atom stereocenters. The highest BCUT2D eigenvalue weighted by Crippen LogP contribution is 2.23. The van der Waals surface area contributed by atoms with Gasteiger partial charge in [-0.2, -0.15) is 0 Å². The number of amides is 1. The molecule has 0 aromatic heterocycles. The number of rotatable bonds is 4. The molecule has 0 aliphatic carbocycles. The van der Waals surface area contributed by atoms with Crippen molar-refractivity contribution in [2.24, 2.45) is 0 Å². The molecule has 20 heavy (non-hydrogen) atoms. The highest BCUT2D eigenvalue weighted by Gasteiger charge is 2.26. The van der Waals surface area contributed by atoms with Gasteiger partial charge >= 0.3 is 0 Å². The summed E-state index contributed by atoms with van der Waals surface area (Å²) in [6, 6.07) is 8.88. The first kappa shape index (κ1) is 17.0. The monoisotopic (exact) mass is 296 g/mol. The van der Waals surface area contributed by atoms with Crippen LogP contribution >= 0.6 is 12.4 Å². The molecule has 1 aromatic carbocycles. The third kappa shape index (κ3) is 3.97. The van der Waals surface area contributed by atoms with Gasteiger partial charge in [-0.1, -0.05) is 38.1 Å². The van der Waals surface area contributed by atoms with Gasteiger partial charge in [0.15, 0.2) is 0 Å². The Bertz CT molecular complexity index is 419. The number of hydrogen-bond donors (Lipinski definition) is 1. The Hall–Kier alpha value is -1.06. The number of nitrogens with one attached hydrogen (secondary N) is 1. The first-order valence-electron chi connectivity index (χ1n) is 7.35. The van der Waals surface area contributed by atoms with Crippen molar-refractivity contribution < 1.29 is 4.79 Å². The summed E-state index contributed by atoms with van der Waals surface area (Å²) in [4.78, 5) is 14.2. The second-order valence-electron chi connectivity index (χ2n) is 5.15. The zero-order chi connectivity index (χ0) is 13.7. The van der Waals surface area contributed by atoms with Crippen LogP contribution in [0.3, 0.4) is 0 Å². The van der Waals surface area contributed by atoms with Gasteiger partial charge in [0.25, 0.3) is 0 Å². The molecule has 2 rings (SSSR count). The lowest BCUT2D eigenvalue weighted by atomic mass is 10.0. The fraction of sp³-hybridized carbons (Fsp3) is 0.562. The summed E-state index contributed by atoms with van der Waals surface area (Å²) in [5.41, 5.74) is 2.59. The molecule has 0 bridgehead atoms. The maximum absolute atomic E-state index is 12.2. The molecule has 1 amide bonds. The predicted octanol–water partition coefficient (Wildman–Crippen LogP) is 2.94. The maximum atomic E-state index is 12.2. The number of benzene rings is 1. The molecular weight excluding hydrogens is 272 g/mol. The normalized spacial score (nSPS) is 18.5. The van der Waals surface area contributed by atoms with Gasteiger partial charge in [-0.15, -0.1) is 12.4 Å². The molecule has 0 spiro atoms. The van der Waals surface area contributed by atoms with E-state index in [0.717, 1.165) is 32.5 Å². The van der Waals surface area contributed by atoms with E-state index >= 15 is 0 Å². The third-order valence-electron chi connectivity index (χ3n) is 3.80. The number of halogens is 1. The van der Waals surface area contributed by atoms with Gasteiger partial charge in [-0.3, -0.25) is 4.79 Å². The van der Waals surface area contributed by atoms with Crippen LogP contribution in [0, 0.1) is 0 Å². The lowest BCUT2D eigenvalue weighted by Gasteiger charge is -2.36. The Morgan fingerprint density at radius 1 is 1.30 bits per heavy atom. The van der Waals surface area contributed by atoms with Crippen LogP contribution in [-0.4, -0.2) is 30.4 Å². The van der Waals surface area contributed by atoms with E-state index in [2.05, 4.69) is 43.4 Å². The van der Waals surface area contributed by atoms with Gasteiger partial charge in [0.05, 0.1) is 6.04 Å². The molecule has 1 N–H and O–H groups in total. The second-order valence-corrected chi connectivity index (χ2v) is 5.15. The van der Waals surface area contributed by atoms with E-state index in [1.54, 1.807) is 0 Å². The molecule has 112 valence electrons. The number of nitrogens with zero attached hydrogens (tertiary/aromatic N) is 1. The van der Waals surface area contributed by atoms with Gasteiger partial charge in [0.2, 0.25) is 5.91 Å². The summed E-state index contributed by atoms with van der Waals surface area (Å²) < 4.78 is 0. The molecule has 1 heterocycles. The van der Waals surface area contributed by atoms with Crippen molar-refractivity contribution in [3.05, 3.63) is 35.4 Å².